The molecule has 1 aromatic carbocycles. The van der Waals surface area contributed by atoms with Crippen LogP contribution in [0.3, 0.4) is 0 Å². The average Bonchev–Trinajstić information content (AvgIpc) is 2.04. The SMILES string of the molecule is Oc1cccc(CCl)c1CCl. The molecule has 0 heterocycles. The van der Waals surface area contributed by atoms with E-state index in [1.54, 1.807) is 12.1 Å². The van der Waals surface area contributed by atoms with Crippen LogP contribution in [0.1, 0.15) is 11.1 Å². The van der Waals surface area contributed by atoms with Crippen molar-refractivity contribution < 1.29 is 5.11 Å². The molecule has 3 heteroatoms. The van der Waals surface area contributed by atoms with Gasteiger partial charge in [0.2, 0.25) is 0 Å². The Morgan fingerprint density at radius 3 is 2.36 bits per heavy atom. The van der Waals surface area contributed by atoms with Gasteiger partial charge in [0.25, 0.3) is 0 Å². The van der Waals surface area contributed by atoms with Crippen LogP contribution in [0.15, 0.2) is 18.2 Å². The number of rotatable bonds is 2. The number of aromatic hydroxyl groups is 1. The van der Waals surface area contributed by atoms with Crippen molar-refractivity contribution in [3.63, 3.8) is 0 Å². The number of hydrogen-bond donors (Lipinski definition) is 1. The van der Waals surface area contributed by atoms with E-state index in [1.807, 2.05) is 6.07 Å². The van der Waals surface area contributed by atoms with E-state index in [-0.39, 0.29) is 5.75 Å². The van der Waals surface area contributed by atoms with Gasteiger partial charge in [-0.3, -0.25) is 0 Å². The molecule has 1 N–H and O–H groups in total. The van der Waals surface area contributed by atoms with Crippen molar-refractivity contribution in [1.29, 1.82) is 0 Å². The third kappa shape index (κ3) is 1.79. The summed E-state index contributed by atoms with van der Waals surface area (Å²) in [5.41, 5.74) is 1.62. The van der Waals surface area contributed by atoms with Crippen LogP contribution in [0, 0.1) is 0 Å². The van der Waals surface area contributed by atoms with Crippen LogP contribution in [0.4, 0.5) is 0 Å². The normalized spacial score (nSPS) is 10.0. The second kappa shape index (κ2) is 3.84. The van der Waals surface area contributed by atoms with Crippen LogP contribution in [0.5, 0.6) is 5.75 Å². The van der Waals surface area contributed by atoms with Gasteiger partial charge >= 0.3 is 0 Å². The van der Waals surface area contributed by atoms with Crippen molar-refractivity contribution in [2.45, 2.75) is 11.8 Å². The number of hydrogen-bond acceptors (Lipinski definition) is 1. The highest BCUT2D eigenvalue weighted by atomic mass is 35.5. The van der Waals surface area contributed by atoms with Crippen LogP contribution in [-0.4, -0.2) is 5.11 Å². The fourth-order valence-corrected chi connectivity index (χ4v) is 1.46. The van der Waals surface area contributed by atoms with Crippen molar-refractivity contribution >= 4 is 23.2 Å². The quantitative estimate of drug-likeness (QED) is 0.712. The summed E-state index contributed by atoms with van der Waals surface area (Å²) in [7, 11) is 0. The largest absolute Gasteiger partial charge is 0.508 e. The monoisotopic (exact) mass is 190 g/mol. The lowest BCUT2D eigenvalue weighted by Gasteiger charge is -2.04. The van der Waals surface area contributed by atoms with Gasteiger partial charge in [-0.25, -0.2) is 0 Å². The predicted octanol–water partition coefficient (Wildman–Crippen LogP) is 2.87. The molecule has 0 unspecified atom stereocenters. The average molecular weight is 191 g/mol. The second-order valence-corrected chi connectivity index (χ2v) is 2.72. The minimum absolute atomic E-state index is 0.221. The van der Waals surface area contributed by atoms with Crippen LogP contribution in [-0.2, 0) is 11.8 Å². The minimum Gasteiger partial charge on any atom is -0.508 e. The lowest BCUT2D eigenvalue weighted by molar-refractivity contribution is 0.470. The Morgan fingerprint density at radius 2 is 1.91 bits per heavy atom. The highest BCUT2D eigenvalue weighted by Gasteiger charge is 2.03. The lowest BCUT2D eigenvalue weighted by Crippen LogP contribution is -1.87. The van der Waals surface area contributed by atoms with Crippen molar-refractivity contribution in [2.75, 3.05) is 0 Å². The third-order valence-corrected chi connectivity index (χ3v) is 2.08. The lowest BCUT2D eigenvalue weighted by atomic mass is 10.1. The number of phenolic OH excluding ortho intramolecular Hbond substituents is 1. The molecule has 0 aliphatic rings. The maximum Gasteiger partial charge on any atom is 0.120 e. The molecule has 1 nitrogen and oxygen atoms in total. The van der Waals surface area contributed by atoms with Crippen LogP contribution in [0.25, 0.3) is 0 Å². The van der Waals surface area contributed by atoms with Gasteiger partial charge in [0.15, 0.2) is 0 Å². The van der Waals surface area contributed by atoms with E-state index in [2.05, 4.69) is 0 Å². The molecule has 0 saturated heterocycles. The smallest absolute Gasteiger partial charge is 0.120 e. The highest BCUT2D eigenvalue weighted by molar-refractivity contribution is 6.18. The molecule has 0 atom stereocenters. The van der Waals surface area contributed by atoms with Gasteiger partial charge < -0.3 is 5.11 Å². The number of halogens is 2. The predicted molar refractivity (Wildman–Crippen MR) is 47.2 cm³/mol. The first-order valence-corrected chi connectivity index (χ1v) is 4.28. The summed E-state index contributed by atoms with van der Waals surface area (Å²) >= 11 is 11.2. The van der Waals surface area contributed by atoms with E-state index < -0.39 is 0 Å². The van der Waals surface area contributed by atoms with E-state index in [4.69, 9.17) is 23.2 Å². The third-order valence-electron chi connectivity index (χ3n) is 1.53. The molecule has 0 fully saturated rings. The molecule has 11 heavy (non-hydrogen) atoms. The fourth-order valence-electron chi connectivity index (χ4n) is 0.901. The van der Waals surface area contributed by atoms with E-state index >= 15 is 0 Å². The summed E-state index contributed by atoms with van der Waals surface area (Å²) in [4.78, 5) is 0. The van der Waals surface area contributed by atoms with Gasteiger partial charge in [-0.2, -0.15) is 0 Å². The summed E-state index contributed by atoms with van der Waals surface area (Å²) in [6.45, 7) is 0. The summed E-state index contributed by atoms with van der Waals surface area (Å²) in [5, 5.41) is 9.28. The minimum atomic E-state index is 0.221. The van der Waals surface area contributed by atoms with Gasteiger partial charge in [-0.05, 0) is 11.6 Å². The van der Waals surface area contributed by atoms with Crippen molar-refractivity contribution in [2.24, 2.45) is 0 Å². The second-order valence-electron chi connectivity index (χ2n) is 2.18. The van der Waals surface area contributed by atoms with E-state index in [9.17, 15) is 5.11 Å². The number of phenols is 1. The first kappa shape index (κ1) is 8.69. The zero-order chi connectivity index (χ0) is 8.27. The van der Waals surface area contributed by atoms with Crippen molar-refractivity contribution in [1.82, 2.24) is 0 Å². The van der Waals surface area contributed by atoms with Gasteiger partial charge in [0.05, 0.1) is 5.88 Å². The maximum absolute atomic E-state index is 9.28. The molecular formula is C8H8Cl2O. The number of alkyl halides is 2. The van der Waals surface area contributed by atoms with Crippen LogP contribution < -0.4 is 0 Å². The summed E-state index contributed by atoms with van der Waals surface area (Å²) < 4.78 is 0. The molecule has 0 aliphatic carbocycles. The van der Waals surface area contributed by atoms with E-state index in [0.29, 0.717) is 11.8 Å². The summed E-state index contributed by atoms with van der Waals surface area (Å²) in [5.74, 6) is 0.906. The number of benzene rings is 1. The van der Waals surface area contributed by atoms with Crippen molar-refractivity contribution in [3.05, 3.63) is 29.3 Å². The first-order valence-electron chi connectivity index (χ1n) is 3.21. The maximum atomic E-state index is 9.28. The Hall–Kier alpha value is -0.400. The Balaban J connectivity index is 3.13. The molecule has 0 saturated carbocycles. The zero-order valence-electron chi connectivity index (χ0n) is 5.85. The fraction of sp³-hybridized carbons (Fsp3) is 0.250. The molecule has 1 rings (SSSR count). The van der Waals surface area contributed by atoms with Gasteiger partial charge in [0.1, 0.15) is 5.75 Å². The molecule has 0 aliphatic heterocycles. The van der Waals surface area contributed by atoms with E-state index in [1.165, 1.54) is 0 Å². The zero-order valence-corrected chi connectivity index (χ0v) is 7.36. The topological polar surface area (TPSA) is 20.2 Å². The Labute approximate surface area is 75.6 Å². The van der Waals surface area contributed by atoms with Crippen LogP contribution >= 0.6 is 23.2 Å². The molecule has 0 amide bonds. The van der Waals surface area contributed by atoms with E-state index in [0.717, 1.165) is 11.1 Å². The Bertz CT molecular complexity index is 248. The molecule has 0 radical (unpaired) electrons. The Morgan fingerprint density at radius 1 is 1.18 bits per heavy atom. The van der Waals surface area contributed by atoms with Crippen LogP contribution in [0.2, 0.25) is 0 Å². The molecule has 0 bridgehead atoms. The van der Waals surface area contributed by atoms with Gasteiger partial charge in [-0.15, -0.1) is 23.2 Å². The molecule has 60 valence electrons. The molecule has 0 aromatic heterocycles. The van der Waals surface area contributed by atoms with Gasteiger partial charge in [-0.1, -0.05) is 12.1 Å². The molecular weight excluding hydrogens is 183 g/mol. The summed E-state index contributed by atoms with van der Waals surface area (Å²) in [6, 6.07) is 5.21. The Kier molecular flexibility index (Phi) is 3.03. The van der Waals surface area contributed by atoms with Crippen molar-refractivity contribution in [3.8, 4) is 5.75 Å². The molecule has 1 aromatic rings. The molecule has 0 spiro atoms. The highest BCUT2D eigenvalue weighted by Crippen LogP contribution is 2.23. The standard InChI is InChI=1S/C8H8Cl2O/c9-4-6-2-1-3-8(11)7(6)5-10/h1-3,11H,4-5H2. The first-order chi connectivity index (χ1) is 5.29. The summed E-state index contributed by atoms with van der Waals surface area (Å²) in [6.07, 6.45) is 0. The van der Waals surface area contributed by atoms with Gasteiger partial charge in [0, 0.05) is 11.4 Å².